The fourth-order valence-electron chi connectivity index (χ4n) is 2.87. The quantitative estimate of drug-likeness (QED) is 0.406. The average Bonchev–Trinajstić information content (AvgIpc) is 2.74. The molecular formula is C24H24ClNO2S. The van der Waals surface area contributed by atoms with Crippen LogP contribution in [0.25, 0.3) is 0 Å². The minimum absolute atomic E-state index is 0.179. The first-order valence-electron chi connectivity index (χ1n) is 9.56. The molecular weight excluding hydrogens is 402 g/mol. The van der Waals surface area contributed by atoms with Crippen LogP contribution in [-0.2, 0) is 10.5 Å². The summed E-state index contributed by atoms with van der Waals surface area (Å²) in [5.41, 5.74) is 3.04. The van der Waals surface area contributed by atoms with Gasteiger partial charge in [-0.3, -0.25) is 4.79 Å². The molecule has 0 unspecified atom stereocenters. The Bertz CT molecular complexity index is 962. The molecule has 5 heteroatoms. The summed E-state index contributed by atoms with van der Waals surface area (Å²) in [6.07, 6.45) is -0.0651. The van der Waals surface area contributed by atoms with Gasteiger partial charge in [0.1, 0.15) is 5.75 Å². The van der Waals surface area contributed by atoms with Crippen molar-refractivity contribution in [2.45, 2.75) is 37.0 Å². The highest BCUT2D eigenvalue weighted by molar-refractivity contribution is 7.98. The van der Waals surface area contributed by atoms with Crippen LogP contribution in [0.4, 0.5) is 5.69 Å². The number of rotatable bonds is 8. The number of carbonyl (C=O) groups is 1. The van der Waals surface area contributed by atoms with Gasteiger partial charge >= 0.3 is 0 Å². The maximum atomic E-state index is 12.7. The molecule has 1 amide bonds. The number of para-hydroxylation sites is 1. The van der Waals surface area contributed by atoms with Crippen molar-refractivity contribution >= 4 is 35.0 Å². The molecule has 150 valence electrons. The minimum Gasteiger partial charge on any atom is -0.479 e. The van der Waals surface area contributed by atoms with E-state index in [0.29, 0.717) is 17.2 Å². The molecule has 0 aliphatic carbocycles. The molecule has 0 spiro atoms. The summed E-state index contributed by atoms with van der Waals surface area (Å²) in [5.74, 6) is 1.22. The molecule has 0 bridgehead atoms. The molecule has 0 aromatic heterocycles. The lowest BCUT2D eigenvalue weighted by Gasteiger charge is -2.19. The predicted octanol–water partition coefficient (Wildman–Crippen LogP) is 6.74. The Labute approximate surface area is 181 Å². The molecule has 3 aromatic carbocycles. The third-order valence-electron chi connectivity index (χ3n) is 4.47. The molecule has 3 aromatic rings. The second-order valence-electron chi connectivity index (χ2n) is 6.69. The highest BCUT2D eigenvalue weighted by Crippen LogP contribution is 2.27. The third kappa shape index (κ3) is 6.02. The van der Waals surface area contributed by atoms with Crippen molar-refractivity contribution in [1.29, 1.82) is 0 Å². The standard InChI is InChI=1S/C24H24ClNO2S/c1-3-22(28-23-12-8-7-11-20(23)25)24(27)26-21-14-13-18(15-17(21)2)16-29-19-9-5-4-6-10-19/h4-15,22H,3,16H2,1-2H3,(H,26,27)/t22-/m1/s1. The molecule has 1 atom stereocenters. The second kappa shape index (κ2) is 10.4. The van der Waals surface area contributed by atoms with Crippen LogP contribution in [0.5, 0.6) is 5.75 Å². The first-order chi connectivity index (χ1) is 14.1. The summed E-state index contributed by atoms with van der Waals surface area (Å²) >= 11 is 7.94. The Hall–Kier alpha value is -2.43. The third-order valence-corrected chi connectivity index (χ3v) is 5.86. The minimum atomic E-state index is -0.609. The van der Waals surface area contributed by atoms with Gasteiger partial charge in [-0.15, -0.1) is 11.8 Å². The summed E-state index contributed by atoms with van der Waals surface area (Å²) in [6.45, 7) is 3.92. The number of ether oxygens (including phenoxy) is 1. The molecule has 0 heterocycles. The van der Waals surface area contributed by atoms with Gasteiger partial charge in [-0.1, -0.05) is 61.0 Å². The lowest BCUT2D eigenvalue weighted by atomic mass is 10.1. The number of benzene rings is 3. The maximum Gasteiger partial charge on any atom is 0.265 e. The van der Waals surface area contributed by atoms with Crippen LogP contribution in [0.15, 0.2) is 77.7 Å². The average molecular weight is 426 g/mol. The molecule has 1 N–H and O–H groups in total. The van der Waals surface area contributed by atoms with Crippen molar-refractivity contribution in [2.24, 2.45) is 0 Å². The predicted molar refractivity (Wildman–Crippen MR) is 122 cm³/mol. The monoisotopic (exact) mass is 425 g/mol. The van der Waals surface area contributed by atoms with Gasteiger partial charge in [0.05, 0.1) is 5.02 Å². The molecule has 29 heavy (non-hydrogen) atoms. The van der Waals surface area contributed by atoms with Crippen LogP contribution in [0.3, 0.4) is 0 Å². The smallest absolute Gasteiger partial charge is 0.265 e. The van der Waals surface area contributed by atoms with Gasteiger partial charge in [0, 0.05) is 16.3 Å². The first kappa shape index (κ1) is 21.3. The zero-order valence-corrected chi connectivity index (χ0v) is 18.1. The van der Waals surface area contributed by atoms with Gasteiger partial charge in [0.15, 0.2) is 6.10 Å². The summed E-state index contributed by atoms with van der Waals surface area (Å²) in [7, 11) is 0. The maximum absolute atomic E-state index is 12.7. The zero-order chi connectivity index (χ0) is 20.6. The van der Waals surface area contributed by atoms with Gasteiger partial charge in [0.2, 0.25) is 0 Å². The number of amides is 1. The number of thioether (sulfide) groups is 1. The van der Waals surface area contributed by atoms with Crippen molar-refractivity contribution < 1.29 is 9.53 Å². The van der Waals surface area contributed by atoms with E-state index in [1.165, 1.54) is 10.5 Å². The number of hydrogen-bond acceptors (Lipinski definition) is 3. The molecule has 0 aliphatic heterocycles. The lowest BCUT2D eigenvalue weighted by molar-refractivity contribution is -0.122. The number of aryl methyl sites for hydroxylation is 1. The Kier molecular flexibility index (Phi) is 7.62. The van der Waals surface area contributed by atoms with E-state index in [1.807, 2.05) is 50.2 Å². The summed E-state index contributed by atoms with van der Waals surface area (Å²) < 4.78 is 5.83. The highest BCUT2D eigenvalue weighted by atomic mass is 35.5. The number of carbonyl (C=O) groups excluding carboxylic acids is 1. The van der Waals surface area contributed by atoms with Crippen LogP contribution in [0.1, 0.15) is 24.5 Å². The zero-order valence-electron chi connectivity index (χ0n) is 16.5. The van der Waals surface area contributed by atoms with E-state index in [2.05, 4.69) is 29.6 Å². The van der Waals surface area contributed by atoms with Gasteiger partial charge < -0.3 is 10.1 Å². The normalized spacial score (nSPS) is 11.7. The highest BCUT2D eigenvalue weighted by Gasteiger charge is 2.20. The Balaban J connectivity index is 1.62. The van der Waals surface area contributed by atoms with E-state index in [4.69, 9.17) is 16.3 Å². The van der Waals surface area contributed by atoms with Crippen molar-refractivity contribution in [3.05, 3.63) is 88.9 Å². The summed E-state index contributed by atoms with van der Waals surface area (Å²) in [4.78, 5) is 14.0. The largest absolute Gasteiger partial charge is 0.479 e. The van der Waals surface area contributed by atoms with Gasteiger partial charge in [0.25, 0.3) is 5.91 Å². The van der Waals surface area contributed by atoms with Crippen molar-refractivity contribution in [1.82, 2.24) is 0 Å². The SMILES string of the molecule is CC[C@@H](Oc1ccccc1Cl)C(=O)Nc1ccc(CSc2ccccc2)cc1C. The fraction of sp³-hybridized carbons (Fsp3) is 0.208. The molecule has 0 fully saturated rings. The van der Waals surface area contributed by atoms with Gasteiger partial charge in [-0.25, -0.2) is 0 Å². The molecule has 0 saturated heterocycles. The van der Waals surface area contributed by atoms with Crippen LogP contribution in [0, 0.1) is 6.92 Å². The molecule has 0 radical (unpaired) electrons. The molecule has 3 nitrogen and oxygen atoms in total. The topological polar surface area (TPSA) is 38.3 Å². The van der Waals surface area contributed by atoms with E-state index >= 15 is 0 Å². The Morgan fingerprint density at radius 2 is 1.79 bits per heavy atom. The van der Waals surface area contributed by atoms with E-state index in [9.17, 15) is 4.79 Å². The lowest BCUT2D eigenvalue weighted by Crippen LogP contribution is -2.32. The second-order valence-corrected chi connectivity index (χ2v) is 8.14. The van der Waals surface area contributed by atoms with Gasteiger partial charge in [-0.05, 0) is 54.8 Å². The van der Waals surface area contributed by atoms with Crippen LogP contribution < -0.4 is 10.1 Å². The van der Waals surface area contributed by atoms with Crippen LogP contribution in [0.2, 0.25) is 5.02 Å². The Morgan fingerprint density at radius 3 is 2.48 bits per heavy atom. The molecule has 0 saturated carbocycles. The molecule has 0 aliphatic rings. The van der Waals surface area contributed by atoms with E-state index in [0.717, 1.165) is 17.0 Å². The van der Waals surface area contributed by atoms with Crippen LogP contribution >= 0.6 is 23.4 Å². The van der Waals surface area contributed by atoms with E-state index in [-0.39, 0.29) is 5.91 Å². The summed E-state index contributed by atoms with van der Waals surface area (Å²) in [5, 5.41) is 3.48. The van der Waals surface area contributed by atoms with Gasteiger partial charge in [-0.2, -0.15) is 0 Å². The van der Waals surface area contributed by atoms with E-state index in [1.54, 1.807) is 23.9 Å². The van der Waals surface area contributed by atoms with Crippen molar-refractivity contribution in [3.8, 4) is 5.75 Å². The van der Waals surface area contributed by atoms with Crippen molar-refractivity contribution in [2.75, 3.05) is 5.32 Å². The van der Waals surface area contributed by atoms with E-state index < -0.39 is 6.10 Å². The Morgan fingerprint density at radius 1 is 1.07 bits per heavy atom. The number of halogens is 1. The molecule has 3 rings (SSSR count). The number of anilines is 1. The fourth-order valence-corrected chi connectivity index (χ4v) is 3.91. The number of hydrogen-bond donors (Lipinski definition) is 1. The summed E-state index contributed by atoms with van der Waals surface area (Å²) in [6, 6.07) is 23.6. The van der Waals surface area contributed by atoms with Crippen LogP contribution in [-0.4, -0.2) is 12.0 Å². The first-order valence-corrected chi connectivity index (χ1v) is 10.9. The number of nitrogens with one attached hydrogen (secondary N) is 1. The van der Waals surface area contributed by atoms with Crippen molar-refractivity contribution in [3.63, 3.8) is 0 Å².